The minimum Gasteiger partial charge on any atom is -0.375 e. The molecule has 3 rings (SSSR count). The van der Waals surface area contributed by atoms with Crippen LogP contribution in [0.3, 0.4) is 0 Å². The van der Waals surface area contributed by atoms with Crippen LogP contribution in [-0.2, 0) is 27.5 Å². The van der Waals surface area contributed by atoms with E-state index in [-0.39, 0.29) is 13.2 Å². The van der Waals surface area contributed by atoms with Gasteiger partial charge >= 0.3 is 0 Å². The molecule has 0 bridgehead atoms. The number of ether oxygens (including phenoxy) is 2. The maximum absolute atomic E-state index is 12.2. The normalized spacial score (nSPS) is 11.6. The Kier molecular flexibility index (Phi) is 8.13. The van der Waals surface area contributed by atoms with Crippen LogP contribution in [0.5, 0.6) is 0 Å². The first-order valence-corrected chi connectivity index (χ1v) is 10.2. The standard InChI is InChI=1S/C27H28O3/c1-23-10-8-9-15-26(23)16-17-27(20-28,21-29-18-24-11-4-2-5-12-24)22-30-19-25-13-6-3-7-14-25/h2-17,20H,18-19,21-22H2,1H3/b17-16+. The molecular formula is C27H28O3. The van der Waals surface area contributed by atoms with Gasteiger partial charge in [0.25, 0.3) is 0 Å². The molecule has 0 aliphatic carbocycles. The molecule has 0 saturated carbocycles. The van der Waals surface area contributed by atoms with E-state index in [0.717, 1.165) is 28.5 Å². The first-order valence-electron chi connectivity index (χ1n) is 10.2. The van der Waals surface area contributed by atoms with Gasteiger partial charge in [-0.3, -0.25) is 0 Å². The second-order valence-electron chi connectivity index (χ2n) is 7.50. The van der Waals surface area contributed by atoms with Crippen molar-refractivity contribution in [2.45, 2.75) is 20.1 Å². The minimum atomic E-state index is -0.855. The number of hydrogen-bond acceptors (Lipinski definition) is 3. The van der Waals surface area contributed by atoms with Gasteiger partial charge in [0, 0.05) is 0 Å². The van der Waals surface area contributed by atoms with E-state index in [1.807, 2.05) is 91.0 Å². The average Bonchev–Trinajstić information content (AvgIpc) is 2.79. The third-order valence-electron chi connectivity index (χ3n) is 4.98. The third kappa shape index (κ3) is 6.51. The zero-order valence-electron chi connectivity index (χ0n) is 17.4. The Bertz CT molecular complexity index is 887. The average molecular weight is 401 g/mol. The fourth-order valence-electron chi connectivity index (χ4n) is 3.14. The van der Waals surface area contributed by atoms with Gasteiger partial charge in [-0.05, 0) is 29.2 Å². The summed E-state index contributed by atoms with van der Waals surface area (Å²) in [4.78, 5) is 12.2. The van der Waals surface area contributed by atoms with Crippen molar-refractivity contribution in [1.29, 1.82) is 0 Å². The summed E-state index contributed by atoms with van der Waals surface area (Å²) >= 11 is 0. The van der Waals surface area contributed by atoms with Gasteiger partial charge in [0.05, 0.1) is 31.8 Å². The molecule has 3 nitrogen and oxygen atoms in total. The van der Waals surface area contributed by atoms with Crippen molar-refractivity contribution in [3.8, 4) is 0 Å². The number of hydrogen-bond donors (Lipinski definition) is 0. The lowest BCUT2D eigenvalue weighted by Crippen LogP contribution is -2.32. The molecular weight excluding hydrogens is 372 g/mol. The SMILES string of the molecule is Cc1ccccc1/C=C/C(C=O)(COCc1ccccc1)COCc1ccccc1. The van der Waals surface area contributed by atoms with Crippen molar-refractivity contribution in [3.63, 3.8) is 0 Å². The number of benzene rings is 3. The van der Waals surface area contributed by atoms with E-state index in [1.165, 1.54) is 0 Å². The summed E-state index contributed by atoms with van der Waals surface area (Å²) in [5, 5.41) is 0. The molecule has 154 valence electrons. The molecule has 0 heterocycles. The monoisotopic (exact) mass is 400 g/mol. The van der Waals surface area contributed by atoms with Crippen LogP contribution in [0.25, 0.3) is 6.08 Å². The molecule has 0 atom stereocenters. The minimum absolute atomic E-state index is 0.253. The second-order valence-corrected chi connectivity index (χ2v) is 7.50. The van der Waals surface area contributed by atoms with Crippen LogP contribution in [0.1, 0.15) is 22.3 Å². The van der Waals surface area contributed by atoms with E-state index < -0.39 is 5.41 Å². The molecule has 0 aliphatic rings. The molecule has 0 radical (unpaired) electrons. The molecule has 0 unspecified atom stereocenters. The maximum Gasteiger partial charge on any atom is 0.134 e. The first-order chi connectivity index (χ1) is 14.7. The van der Waals surface area contributed by atoms with Gasteiger partial charge < -0.3 is 14.3 Å². The molecule has 0 N–H and O–H groups in total. The smallest absolute Gasteiger partial charge is 0.134 e. The highest BCUT2D eigenvalue weighted by Crippen LogP contribution is 2.22. The van der Waals surface area contributed by atoms with Gasteiger partial charge in [0.1, 0.15) is 6.29 Å². The summed E-state index contributed by atoms with van der Waals surface area (Å²) in [5.74, 6) is 0. The van der Waals surface area contributed by atoms with Gasteiger partial charge in [0.2, 0.25) is 0 Å². The van der Waals surface area contributed by atoms with Crippen LogP contribution in [0, 0.1) is 12.3 Å². The van der Waals surface area contributed by atoms with Crippen LogP contribution in [0.2, 0.25) is 0 Å². The van der Waals surface area contributed by atoms with Crippen molar-refractivity contribution in [2.75, 3.05) is 13.2 Å². The van der Waals surface area contributed by atoms with Crippen LogP contribution in [0.15, 0.2) is 91.0 Å². The Balaban J connectivity index is 1.70. The molecule has 0 amide bonds. The fourth-order valence-corrected chi connectivity index (χ4v) is 3.14. The summed E-state index contributed by atoms with van der Waals surface area (Å²) in [6.45, 7) is 3.46. The Labute approximate surface area is 179 Å². The Morgan fingerprint density at radius 2 is 1.23 bits per heavy atom. The molecule has 0 saturated heterocycles. The van der Waals surface area contributed by atoms with Gasteiger partial charge in [-0.25, -0.2) is 0 Å². The predicted molar refractivity (Wildman–Crippen MR) is 121 cm³/mol. The van der Waals surface area contributed by atoms with Crippen molar-refractivity contribution in [2.24, 2.45) is 5.41 Å². The summed E-state index contributed by atoms with van der Waals surface area (Å²) < 4.78 is 11.9. The van der Waals surface area contributed by atoms with Crippen LogP contribution in [0.4, 0.5) is 0 Å². The molecule has 3 aromatic rings. The van der Waals surface area contributed by atoms with Crippen LogP contribution >= 0.6 is 0 Å². The summed E-state index contributed by atoms with van der Waals surface area (Å²) in [6.07, 6.45) is 4.84. The number of carbonyl (C=O) groups excluding carboxylic acids is 1. The number of rotatable bonds is 11. The highest BCUT2D eigenvalue weighted by Gasteiger charge is 2.28. The molecule has 30 heavy (non-hydrogen) atoms. The molecule has 3 aromatic carbocycles. The van der Waals surface area contributed by atoms with Gasteiger partial charge in [-0.15, -0.1) is 0 Å². The van der Waals surface area contributed by atoms with E-state index in [0.29, 0.717) is 13.2 Å². The van der Waals surface area contributed by atoms with Crippen molar-refractivity contribution in [1.82, 2.24) is 0 Å². The highest BCUT2D eigenvalue weighted by atomic mass is 16.5. The fraction of sp³-hybridized carbons (Fsp3) is 0.222. The molecule has 3 heteroatoms. The van der Waals surface area contributed by atoms with Gasteiger partial charge in [0.15, 0.2) is 0 Å². The largest absolute Gasteiger partial charge is 0.375 e. The summed E-state index contributed by atoms with van der Waals surface area (Å²) in [7, 11) is 0. The highest BCUT2D eigenvalue weighted by molar-refractivity contribution is 5.67. The van der Waals surface area contributed by atoms with Crippen molar-refractivity contribution in [3.05, 3.63) is 113 Å². The van der Waals surface area contributed by atoms with E-state index in [4.69, 9.17) is 9.47 Å². The zero-order valence-corrected chi connectivity index (χ0v) is 17.4. The van der Waals surface area contributed by atoms with Crippen molar-refractivity contribution < 1.29 is 14.3 Å². The summed E-state index contributed by atoms with van der Waals surface area (Å²) in [5.41, 5.74) is 3.53. The first kappa shape index (κ1) is 21.7. The number of aldehydes is 1. The Hall–Kier alpha value is -3.01. The van der Waals surface area contributed by atoms with Gasteiger partial charge in [-0.2, -0.15) is 0 Å². The molecule has 0 aromatic heterocycles. The molecule has 0 aliphatic heterocycles. The maximum atomic E-state index is 12.2. The quantitative estimate of drug-likeness (QED) is 0.392. The predicted octanol–water partition coefficient (Wildman–Crippen LogP) is 5.63. The number of carbonyl (C=O) groups is 1. The Morgan fingerprint density at radius 3 is 1.73 bits per heavy atom. The van der Waals surface area contributed by atoms with Crippen LogP contribution < -0.4 is 0 Å². The van der Waals surface area contributed by atoms with Gasteiger partial charge in [-0.1, -0.05) is 97.1 Å². The second kappa shape index (κ2) is 11.2. The summed E-state index contributed by atoms with van der Waals surface area (Å²) in [6, 6.07) is 28.0. The third-order valence-corrected chi connectivity index (χ3v) is 4.98. The van der Waals surface area contributed by atoms with E-state index >= 15 is 0 Å². The van der Waals surface area contributed by atoms with Crippen LogP contribution in [-0.4, -0.2) is 19.5 Å². The zero-order chi connectivity index (χ0) is 21.1. The molecule has 0 spiro atoms. The lowest BCUT2D eigenvalue weighted by Gasteiger charge is -2.24. The van der Waals surface area contributed by atoms with Crippen molar-refractivity contribution >= 4 is 12.4 Å². The Morgan fingerprint density at radius 1 is 0.733 bits per heavy atom. The van der Waals surface area contributed by atoms with E-state index in [2.05, 4.69) is 13.0 Å². The lowest BCUT2D eigenvalue weighted by molar-refractivity contribution is -0.121. The lowest BCUT2D eigenvalue weighted by atomic mass is 9.90. The number of aryl methyl sites for hydroxylation is 1. The van der Waals surface area contributed by atoms with E-state index in [9.17, 15) is 4.79 Å². The molecule has 0 fully saturated rings. The topological polar surface area (TPSA) is 35.5 Å². The van der Waals surface area contributed by atoms with E-state index in [1.54, 1.807) is 0 Å².